The molecular formula is C24H20N4O3S2. The third kappa shape index (κ3) is 3.79. The first-order valence-electron chi connectivity index (χ1n) is 10.2. The summed E-state index contributed by atoms with van der Waals surface area (Å²) in [7, 11) is -3.79. The number of fused-ring (bicyclic) bond motifs is 2. The van der Waals surface area contributed by atoms with Crippen LogP contribution < -0.4 is 10.3 Å². The predicted molar refractivity (Wildman–Crippen MR) is 132 cm³/mol. The molecule has 9 heteroatoms. The minimum Gasteiger partial charge on any atom is -0.279 e. The number of hydrogen-bond donors (Lipinski definition) is 1. The van der Waals surface area contributed by atoms with Crippen molar-refractivity contribution >= 4 is 48.2 Å². The lowest BCUT2D eigenvalue weighted by molar-refractivity contribution is 0.601. The molecule has 0 spiro atoms. The minimum absolute atomic E-state index is 0.168. The van der Waals surface area contributed by atoms with Gasteiger partial charge in [-0.3, -0.25) is 14.1 Å². The molecule has 2 aromatic heterocycles. The second-order valence-electron chi connectivity index (χ2n) is 7.78. The van der Waals surface area contributed by atoms with Crippen LogP contribution in [-0.4, -0.2) is 23.0 Å². The highest BCUT2D eigenvalue weighted by Crippen LogP contribution is 2.27. The Balaban J connectivity index is 1.52. The molecule has 0 saturated heterocycles. The van der Waals surface area contributed by atoms with Crippen LogP contribution in [-0.2, 0) is 10.0 Å². The summed E-state index contributed by atoms with van der Waals surface area (Å²) in [4.78, 5) is 22.2. The van der Waals surface area contributed by atoms with Crippen molar-refractivity contribution in [3.8, 4) is 5.69 Å². The van der Waals surface area contributed by atoms with Crippen molar-refractivity contribution in [2.45, 2.75) is 25.7 Å². The first-order valence-corrected chi connectivity index (χ1v) is 12.5. The van der Waals surface area contributed by atoms with Crippen molar-refractivity contribution < 1.29 is 8.42 Å². The van der Waals surface area contributed by atoms with E-state index in [-0.39, 0.29) is 10.5 Å². The van der Waals surface area contributed by atoms with Crippen LogP contribution >= 0.6 is 11.3 Å². The molecule has 5 rings (SSSR count). The highest BCUT2D eigenvalue weighted by molar-refractivity contribution is 7.92. The van der Waals surface area contributed by atoms with Gasteiger partial charge in [0.15, 0.2) is 0 Å². The van der Waals surface area contributed by atoms with Crippen LogP contribution in [0.1, 0.15) is 16.4 Å². The zero-order valence-electron chi connectivity index (χ0n) is 18.2. The van der Waals surface area contributed by atoms with Crippen LogP contribution in [0.15, 0.2) is 70.4 Å². The largest absolute Gasteiger partial charge is 0.279 e. The van der Waals surface area contributed by atoms with Gasteiger partial charge in [0.2, 0.25) is 0 Å². The number of para-hydroxylation sites is 1. The summed E-state index contributed by atoms with van der Waals surface area (Å²) in [5.74, 6) is 0.555. The molecule has 166 valence electrons. The molecule has 7 nitrogen and oxygen atoms in total. The van der Waals surface area contributed by atoms with E-state index >= 15 is 0 Å². The molecule has 0 radical (unpaired) electrons. The Hall–Kier alpha value is -3.56. The van der Waals surface area contributed by atoms with E-state index < -0.39 is 10.0 Å². The van der Waals surface area contributed by atoms with Crippen LogP contribution in [0.25, 0.3) is 26.8 Å². The zero-order valence-corrected chi connectivity index (χ0v) is 19.8. The lowest BCUT2D eigenvalue weighted by Crippen LogP contribution is -2.22. The van der Waals surface area contributed by atoms with Crippen molar-refractivity contribution in [2.75, 3.05) is 4.72 Å². The summed E-state index contributed by atoms with van der Waals surface area (Å²) >= 11 is 1.45. The first-order chi connectivity index (χ1) is 15.7. The second-order valence-corrected chi connectivity index (χ2v) is 10.7. The summed E-state index contributed by atoms with van der Waals surface area (Å²) in [6, 6.07) is 17.3. The molecule has 0 bridgehead atoms. The van der Waals surface area contributed by atoms with Gasteiger partial charge in [-0.2, -0.15) is 0 Å². The van der Waals surface area contributed by atoms with Crippen molar-refractivity contribution in [1.82, 2.24) is 14.5 Å². The summed E-state index contributed by atoms with van der Waals surface area (Å²) in [5.41, 5.74) is 3.01. The molecule has 1 N–H and O–H groups in total. The van der Waals surface area contributed by atoms with E-state index in [9.17, 15) is 13.2 Å². The molecule has 33 heavy (non-hydrogen) atoms. The number of thiazole rings is 1. The fourth-order valence-corrected chi connectivity index (χ4v) is 5.94. The quantitative estimate of drug-likeness (QED) is 0.405. The van der Waals surface area contributed by atoms with Crippen molar-refractivity contribution in [3.05, 3.63) is 87.4 Å². The fraction of sp³-hybridized carbons (Fsp3) is 0.125. The Morgan fingerprint density at radius 1 is 0.909 bits per heavy atom. The van der Waals surface area contributed by atoms with Crippen LogP contribution in [0.5, 0.6) is 0 Å². The van der Waals surface area contributed by atoms with E-state index in [0.29, 0.717) is 33.7 Å². The maximum atomic E-state index is 13.1. The average molecular weight is 477 g/mol. The van der Waals surface area contributed by atoms with Crippen LogP contribution in [0.3, 0.4) is 0 Å². The van der Waals surface area contributed by atoms with E-state index in [1.54, 1.807) is 62.4 Å². The predicted octanol–water partition coefficient (Wildman–Crippen LogP) is 4.72. The van der Waals surface area contributed by atoms with E-state index in [0.717, 1.165) is 15.2 Å². The summed E-state index contributed by atoms with van der Waals surface area (Å²) in [6.07, 6.45) is 0. The first kappa shape index (κ1) is 21.3. The molecule has 3 aromatic carbocycles. The third-order valence-electron chi connectivity index (χ3n) is 5.43. The van der Waals surface area contributed by atoms with Crippen molar-refractivity contribution in [2.24, 2.45) is 0 Å². The number of aryl methyl sites for hydroxylation is 3. The van der Waals surface area contributed by atoms with E-state index in [4.69, 9.17) is 0 Å². The number of nitrogens with one attached hydrogen (secondary N) is 1. The zero-order chi connectivity index (χ0) is 23.3. The van der Waals surface area contributed by atoms with Gasteiger partial charge in [-0.15, -0.1) is 11.3 Å². The molecule has 0 aliphatic carbocycles. The summed E-state index contributed by atoms with van der Waals surface area (Å²) in [6.45, 7) is 5.46. The van der Waals surface area contributed by atoms with Crippen LogP contribution in [0.4, 0.5) is 5.69 Å². The van der Waals surface area contributed by atoms with Gasteiger partial charge in [0.25, 0.3) is 15.6 Å². The smallest absolute Gasteiger partial charge is 0.265 e. The third-order valence-corrected chi connectivity index (χ3v) is 7.73. The summed E-state index contributed by atoms with van der Waals surface area (Å²) < 4.78 is 31.1. The molecule has 0 saturated carbocycles. The van der Waals surface area contributed by atoms with E-state index in [1.165, 1.54) is 15.9 Å². The maximum absolute atomic E-state index is 13.1. The molecule has 2 heterocycles. The molecule has 0 unspecified atom stereocenters. The number of anilines is 1. The Morgan fingerprint density at radius 2 is 1.70 bits per heavy atom. The molecule has 0 aliphatic rings. The Labute approximate surface area is 194 Å². The highest BCUT2D eigenvalue weighted by atomic mass is 32.2. The lowest BCUT2D eigenvalue weighted by atomic mass is 10.1. The number of aromatic nitrogens is 3. The molecule has 0 aliphatic heterocycles. The highest BCUT2D eigenvalue weighted by Gasteiger charge is 2.18. The minimum atomic E-state index is -3.79. The standard InChI is InChI=1S/C24H20N4O3S2/c1-14-12-17(28-15(2)25-21-7-5-4-6-19(21)24(28)29)8-10-20(14)27-33(30,31)18-9-11-22-23(13-18)32-16(3)26-22/h4-13,27H,1-3H3. The van der Waals surface area contributed by atoms with E-state index in [2.05, 4.69) is 14.7 Å². The molecule has 0 fully saturated rings. The molecule has 5 aromatic rings. The number of sulfonamides is 1. The molecular weight excluding hydrogens is 456 g/mol. The van der Waals surface area contributed by atoms with Crippen molar-refractivity contribution in [3.63, 3.8) is 0 Å². The van der Waals surface area contributed by atoms with Gasteiger partial charge in [0.1, 0.15) is 5.82 Å². The van der Waals surface area contributed by atoms with Gasteiger partial charge in [-0.1, -0.05) is 12.1 Å². The SMILES string of the molecule is Cc1nc2ccc(S(=O)(=O)Nc3ccc(-n4c(C)nc5ccccc5c4=O)cc3C)cc2s1. The molecule has 0 amide bonds. The number of nitrogens with zero attached hydrogens (tertiary/aromatic N) is 3. The van der Waals surface area contributed by atoms with Gasteiger partial charge in [0.05, 0.1) is 42.4 Å². The maximum Gasteiger partial charge on any atom is 0.265 e. The number of rotatable bonds is 4. The normalized spacial score (nSPS) is 11.8. The second kappa shape index (κ2) is 7.79. The average Bonchev–Trinajstić information content (AvgIpc) is 3.15. The Kier molecular flexibility index (Phi) is 5.02. The molecule has 0 atom stereocenters. The van der Waals surface area contributed by atoms with Gasteiger partial charge in [-0.05, 0) is 74.9 Å². The number of benzene rings is 3. The van der Waals surface area contributed by atoms with Crippen LogP contribution in [0, 0.1) is 20.8 Å². The van der Waals surface area contributed by atoms with Crippen LogP contribution in [0.2, 0.25) is 0 Å². The van der Waals surface area contributed by atoms with E-state index in [1.807, 2.05) is 19.1 Å². The monoisotopic (exact) mass is 476 g/mol. The van der Waals surface area contributed by atoms with Gasteiger partial charge < -0.3 is 0 Å². The van der Waals surface area contributed by atoms with Gasteiger partial charge in [-0.25, -0.2) is 18.4 Å². The van der Waals surface area contributed by atoms with Gasteiger partial charge >= 0.3 is 0 Å². The number of hydrogen-bond acceptors (Lipinski definition) is 6. The Bertz CT molecular complexity index is 1720. The lowest BCUT2D eigenvalue weighted by Gasteiger charge is -2.15. The van der Waals surface area contributed by atoms with Crippen molar-refractivity contribution in [1.29, 1.82) is 0 Å². The fourth-order valence-electron chi connectivity index (χ4n) is 3.84. The topological polar surface area (TPSA) is 93.9 Å². The summed E-state index contributed by atoms with van der Waals surface area (Å²) in [5, 5.41) is 1.41. The Morgan fingerprint density at radius 3 is 2.48 bits per heavy atom. The van der Waals surface area contributed by atoms with Gasteiger partial charge in [0, 0.05) is 0 Å².